The summed E-state index contributed by atoms with van der Waals surface area (Å²) in [5, 5.41) is 1.88. The lowest BCUT2D eigenvalue weighted by Crippen LogP contribution is -2.19. The highest BCUT2D eigenvalue weighted by molar-refractivity contribution is 5.44. The molecule has 3 heteroatoms. The zero-order valence-corrected chi connectivity index (χ0v) is 5.88. The minimum atomic E-state index is 0.365. The van der Waals surface area contributed by atoms with Crippen LogP contribution in [0.2, 0.25) is 0 Å². The van der Waals surface area contributed by atoms with Crippen LogP contribution in [-0.2, 0) is 9.63 Å². The fourth-order valence-electron chi connectivity index (χ4n) is 0.994. The van der Waals surface area contributed by atoms with E-state index >= 15 is 0 Å². The van der Waals surface area contributed by atoms with Crippen molar-refractivity contribution in [3.05, 3.63) is 6.08 Å². The van der Waals surface area contributed by atoms with Crippen LogP contribution in [0.25, 0.3) is 0 Å². The molecule has 0 amide bonds. The quantitative estimate of drug-likeness (QED) is 0.533. The molecule has 0 atom stereocenters. The fraction of sp³-hybridized carbons (Fsp3) is 0.714. The van der Waals surface area contributed by atoms with E-state index in [0.29, 0.717) is 6.61 Å². The molecule has 0 spiro atoms. The van der Waals surface area contributed by atoms with Crippen LogP contribution in [0, 0.1) is 0 Å². The molecule has 3 nitrogen and oxygen atoms in total. The van der Waals surface area contributed by atoms with Gasteiger partial charge in [0.25, 0.3) is 0 Å². The Morgan fingerprint density at radius 1 is 1.50 bits per heavy atom. The van der Waals surface area contributed by atoms with Crippen molar-refractivity contribution in [2.75, 3.05) is 19.7 Å². The molecule has 0 aromatic rings. The largest absolute Gasteiger partial charge is 0.294 e. The van der Waals surface area contributed by atoms with Crippen LogP contribution in [0.5, 0.6) is 0 Å². The van der Waals surface area contributed by atoms with Crippen LogP contribution in [0.15, 0.2) is 6.08 Å². The van der Waals surface area contributed by atoms with Crippen molar-refractivity contribution in [2.24, 2.45) is 0 Å². The molecule has 0 aliphatic carbocycles. The molecule has 1 heterocycles. The summed E-state index contributed by atoms with van der Waals surface area (Å²) < 4.78 is 0. The number of hydrogen-bond donors (Lipinski definition) is 0. The van der Waals surface area contributed by atoms with Crippen LogP contribution in [0.4, 0.5) is 0 Å². The van der Waals surface area contributed by atoms with Gasteiger partial charge in [0, 0.05) is 19.2 Å². The molecule has 0 N–H and O–H groups in total. The zero-order chi connectivity index (χ0) is 7.23. The Kier molecular flexibility index (Phi) is 3.16. The van der Waals surface area contributed by atoms with Crippen LogP contribution in [0.3, 0.4) is 0 Å². The molecule has 0 unspecified atom stereocenters. The number of carbonyl (C=O) groups excluding carboxylic acids is 1. The van der Waals surface area contributed by atoms with Gasteiger partial charge < -0.3 is 0 Å². The molecule has 0 bridgehead atoms. The molecule has 10 heavy (non-hydrogen) atoms. The van der Waals surface area contributed by atoms with Gasteiger partial charge in [0.05, 0.1) is 6.61 Å². The lowest BCUT2D eigenvalue weighted by atomic mass is 10.4. The highest BCUT2D eigenvalue weighted by Crippen LogP contribution is 2.06. The molecule has 0 aromatic heterocycles. The minimum absolute atomic E-state index is 0.365. The van der Waals surface area contributed by atoms with Gasteiger partial charge in [-0.15, -0.1) is 0 Å². The highest BCUT2D eigenvalue weighted by atomic mass is 16.7. The Labute approximate surface area is 60.2 Å². The zero-order valence-electron chi connectivity index (χ0n) is 5.88. The van der Waals surface area contributed by atoms with Gasteiger partial charge in [0.15, 0.2) is 0 Å². The van der Waals surface area contributed by atoms with Gasteiger partial charge >= 0.3 is 0 Å². The number of hydrogen-bond acceptors (Lipinski definition) is 3. The maximum Gasteiger partial charge on any atom is 0.122 e. The van der Waals surface area contributed by atoms with Crippen molar-refractivity contribution in [1.29, 1.82) is 0 Å². The Balaban J connectivity index is 2.06. The van der Waals surface area contributed by atoms with E-state index < -0.39 is 0 Å². The van der Waals surface area contributed by atoms with Crippen molar-refractivity contribution in [3.63, 3.8) is 0 Å². The predicted molar refractivity (Wildman–Crippen MR) is 37.0 cm³/mol. The normalized spacial score (nSPS) is 18.8. The SMILES string of the molecule is O=C=CCON1CCCC1. The van der Waals surface area contributed by atoms with E-state index in [-0.39, 0.29) is 0 Å². The molecule has 0 radical (unpaired) electrons. The van der Waals surface area contributed by atoms with Gasteiger partial charge in [-0.3, -0.25) is 4.84 Å². The second-order valence-corrected chi connectivity index (χ2v) is 2.25. The number of nitrogens with zero attached hydrogens (tertiary/aromatic N) is 1. The summed E-state index contributed by atoms with van der Waals surface area (Å²) >= 11 is 0. The smallest absolute Gasteiger partial charge is 0.122 e. The van der Waals surface area contributed by atoms with Gasteiger partial charge in [-0.05, 0) is 12.8 Å². The third-order valence-corrected chi connectivity index (χ3v) is 1.49. The second-order valence-electron chi connectivity index (χ2n) is 2.25. The third-order valence-electron chi connectivity index (χ3n) is 1.49. The first kappa shape index (κ1) is 7.48. The summed E-state index contributed by atoms with van der Waals surface area (Å²) in [7, 11) is 0. The van der Waals surface area contributed by atoms with Crippen LogP contribution in [0.1, 0.15) is 12.8 Å². The van der Waals surface area contributed by atoms with Gasteiger partial charge in [0.2, 0.25) is 0 Å². The van der Waals surface area contributed by atoms with Crippen LogP contribution >= 0.6 is 0 Å². The standard InChI is InChI=1S/C7H11NO2/c9-6-3-7-10-8-4-1-2-5-8/h3H,1-2,4-5,7H2. The van der Waals surface area contributed by atoms with Gasteiger partial charge in [-0.25, -0.2) is 4.79 Å². The van der Waals surface area contributed by atoms with Crippen LogP contribution in [-0.4, -0.2) is 30.7 Å². The van der Waals surface area contributed by atoms with Crippen molar-refractivity contribution < 1.29 is 9.63 Å². The minimum Gasteiger partial charge on any atom is -0.294 e. The first-order chi connectivity index (χ1) is 4.93. The fourth-order valence-corrected chi connectivity index (χ4v) is 0.994. The lowest BCUT2D eigenvalue weighted by molar-refractivity contribution is -0.130. The Morgan fingerprint density at radius 3 is 2.80 bits per heavy atom. The van der Waals surface area contributed by atoms with Crippen molar-refractivity contribution >= 4 is 5.94 Å². The summed E-state index contributed by atoms with van der Waals surface area (Å²) in [6, 6.07) is 0. The summed E-state index contributed by atoms with van der Waals surface area (Å²) in [6.07, 6.45) is 3.74. The van der Waals surface area contributed by atoms with Crippen molar-refractivity contribution in [1.82, 2.24) is 5.06 Å². The molecule has 1 saturated heterocycles. The van der Waals surface area contributed by atoms with E-state index in [0.717, 1.165) is 13.1 Å². The highest BCUT2D eigenvalue weighted by Gasteiger charge is 2.10. The van der Waals surface area contributed by atoms with E-state index in [1.165, 1.54) is 18.9 Å². The van der Waals surface area contributed by atoms with Gasteiger partial charge in [-0.2, -0.15) is 5.06 Å². The first-order valence-corrected chi connectivity index (χ1v) is 3.50. The molecule has 1 fully saturated rings. The molecular weight excluding hydrogens is 130 g/mol. The summed E-state index contributed by atoms with van der Waals surface area (Å²) in [5.74, 6) is 1.66. The topological polar surface area (TPSA) is 29.5 Å². The van der Waals surface area contributed by atoms with Gasteiger partial charge in [0.1, 0.15) is 5.94 Å². The predicted octanol–water partition coefficient (Wildman–Crippen LogP) is 0.402. The van der Waals surface area contributed by atoms with Crippen molar-refractivity contribution in [3.8, 4) is 0 Å². The lowest BCUT2D eigenvalue weighted by Gasteiger charge is -2.11. The summed E-state index contributed by atoms with van der Waals surface area (Å²) in [5.41, 5.74) is 0. The molecule has 1 aliphatic heterocycles. The monoisotopic (exact) mass is 141 g/mol. The first-order valence-electron chi connectivity index (χ1n) is 3.50. The van der Waals surface area contributed by atoms with E-state index in [1.807, 2.05) is 5.06 Å². The maximum absolute atomic E-state index is 9.70. The Morgan fingerprint density at radius 2 is 2.20 bits per heavy atom. The number of hydroxylamine groups is 2. The molecule has 1 rings (SSSR count). The summed E-state index contributed by atoms with van der Waals surface area (Å²) in [4.78, 5) is 14.9. The van der Waals surface area contributed by atoms with E-state index in [2.05, 4.69) is 0 Å². The molecule has 1 aliphatic rings. The van der Waals surface area contributed by atoms with E-state index in [1.54, 1.807) is 5.94 Å². The van der Waals surface area contributed by atoms with Gasteiger partial charge in [-0.1, -0.05) is 0 Å². The molecule has 0 saturated carbocycles. The Hall–Kier alpha value is -0.630. The molecular formula is C7H11NO2. The Bertz CT molecular complexity index is 135. The number of rotatable bonds is 3. The average Bonchev–Trinajstić information content (AvgIpc) is 2.41. The maximum atomic E-state index is 9.70. The second kappa shape index (κ2) is 4.23. The molecule has 56 valence electrons. The molecule has 0 aromatic carbocycles. The van der Waals surface area contributed by atoms with Crippen molar-refractivity contribution in [2.45, 2.75) is 12.8 Å². The van der Waals surface area contributed by atoms with Crippen LogP contribution < -0.4 is 0 Å². The third kappa shape index (κ3) is 2.31. The average molecular weight is 141 g/mol. The van der Waals surface area contributed by atoms with E-state index in [4.69, 9.17) is 4.84 Å². The summed E-state index contributed by atoms with van der Waals surface area (Å²) in [6.45, 7) is 2.35. The van der Waals surface area contributed by atoms with E-state index in [9.17, 15) is 4.79 Å².